The summed E-state index contributed by atoms with van der Waals surface area (Å²) >= 11 is 0. The van der Waals surface area contributed by atoms with Gasteiger partial charge in [0.05, 0.1) is 0 Å². The van der Waals surface area contributed by atoms with Gasteiger partial charge in [0.25, 0.3) is 0 Å². The number of rotatable bonds is 1. The minimum absolute atomic E-state index is 0.184. The van der Waals surface area contributed by atoms with Crippen molar-refractivity contribution < 1.29 is 20.4 Å². The lowest BCUT2D eigenvalue weighted by Gasteiger charge is -2.61. The van der Waals surface area contributed by atoms with Crippen LogP contribution in [0.15, 0.2) is 0 Å². The van der Waals surface area contributed by atoms with Crippen LogP contribution in [0, 0.1) is 40.4 Å². The molecular weight excluding hydrogens is 316 g/mol. The number of hydrogen-bond donors (Lipinski definition) is 4. The normalized spacial score (nSPS) is 53.6. The van der Waals surface area contributed by atoms with Crippen molar-refractivity contribution in [2.45, 2.75) is 90.1 Å². The minimum atomic E-state index is -2.42. The van der Waals surface area contributed by atoms with Gasteiger partial charge in [-0.2, -0.15) is 0 Å². The molecular formula is C21H36O4. The molecule has 0 aromatic carbocycles. The summed E-state index contributed by atoms with van der Waals surface area (Å²) in [5.41, 5.74) is -0.128. The summed E-state index contributed by atoms with van der Waals surface area (Å²) in [4.78, 5) is 0. The van der Waals surface area contributed by atoms with Crippen molar-refractivity contribution in [1.82, 2.24) is 0 Å². The molecule has 144 valence electrons. The Morgan fingerprint density at radius 3 is 2.20 bits per heavy atom. The zero-order valence-electron chi connectivity index (χ0n) is 16.0. The molecule has 4 rings (SSSR count). The van der Waals surface area contributed by atoms with Gasteiger partial charge < -0.3 is 20.4 Å². The van der Waals surface area contributed by atoms with E-state index in [0.29, 0.717) is 12.3 Å². The van der Waals surface area contributed by atoms with Gasteiger partial charge in [0.15, 0.2) is 0 Å². The van der Waals surface area contributed by atoms with Gasteiger partial charge >= 0.3 is 0 Å². The van der Waals surface area contributed by atoms with Gasteiger partial charge in [-0.1, -0.05) is 33.6 Å². The lowest BCUT2D eigenvalue weighted by molar-refractivity contribution is -0.372. The Balaban J connectivity index is 1.76. The van der Waals surface area contributed by atoms with E-state index >= 15 is 0 Å². The molecule has 4 aliphatic carbocycles. The van der Waals surface area contributed by atoms with Crippen molar-refractivity contribution >= 4 is 0 Å². The fourth-order valence-electron chi connectivity index (χ4n) is 8.38. The summed E-state index contributed by atoms with van der Waals surface area (Å²) < 4.78 is 0. The zero-order valence-corrected chi connectivity index (χ0v) is 16.0. The zero-order chi connectivity index (χ0) is 18.3. The van der Waals surface area contributed by atoms with Gasteiger partial charge in [-0.3, -0.25) is 0 Å². The van der Waals surface area contributed by atoms with Crippen molar-refractivity contribution in [3.63, 3.8) is 0 Å². The van der Waals surface area contributed by atoms with Gasteiger partial charge in [0.1, 0.15) is 0 Å². The molecule has 0 aliphatic heterocycles. The third kappa shape index (κ3) is 2.09. The molecule has 4 nitrogen and oxygen atoms in total. The molecule has 4 heteroatoms. The van der Waals surface area contributed by atoms with Gasteiger partial charge in [-0.15, -0.1) is 0 Å². The predicted molar refractivity (Wildman–Crippen MR) is 95.2 cm³/mol. The molecule has 0 amide bonds. The minimum Gasteiger partial charge on any atom is -0.361 e. The second-order valence-corrected chi connectivity index (χ2v) is 10.2. The lowest BCUT2D eigenvalue weighted by atomic mass is 9.44. The van der Waals surface area contributed by atoms with Crippen LogP contribution in [-0.2, 0) is 0 Å². The summed E-state index contributed by atoms with van der Waals surface area (Å²) in [6.45, 7) is 6.44. The van der Waals surface area contributed by atoms with Crippen molar-refractivity contribution in [1.29, 1.82) is 0 Å². The first-order valence-corrected chi connectivity index (χ1v) is 10.5. The highest BCUT2D eigenvalue weighted by Gasteiger charge is 2.76. The van der Waals surface area contributed by atoms with Crippen LogP contribution in [0.1, 0.15) is 78.6 Å². The number of aliphatic hydroxyl groups is 4. The molecule has 4 N–H and O–H groups in total. The summed E-state index contributed by atoms with van der Waals surface area (Å²) in [7, 11) is 0. The SMILES string of the molecule is CC[C@H]1C(O)(O)C(O)(O)[C@H]2[C@@H]3CCC4CCCC[C@]4(C)[C@H]3CC[C@@]21C. The van der Waals surface area contributed by atoms with Crippen LogP contribution in [0.25, 0.3) is 0 Å². The number of fused-ring (bicyclic) bond motifs is 5. The van der Waals surface area contributed by atoms with Crippen molar-refractivity contribution in [3.05, 3.63) is 0 Å². The highest BCUT2D eigenvalue weighted by Crippen LogP contribution is 2.71. The average molecular weight is 353 g/mol. The molecule has 0 aromatic heterocycles. The molecule has 7 atom stereocenters. The third-order valence-corrected chi connectivity index (χ3v) is 9.46. The van der Waals surface area contributed by atoms with Crippen LogP contribution in [0.4, 0.5) is 0 Å². The second kappa shape index (κ2) is 5.43. The standard InChI is InChI=1S/C21H36O4/c1-4-16-19(3)12-10-15-14(17(19)21(24,25)20(16,22)23)9-8-13-7-5-6-11-18(13,15)2/h13-17,22-25H,4-12H2,1-3H3/t13?,14-,15+,16-,17+,18+,19-/m1/s1. The maximum atomic E-state index is 11.0. The molecule has 0 aromatic rings. The highest BCUT2D eigenvalue weighted by molar-refractivity contribution is 5.18. The van der Waals surface area contributed by atoms with E-state index in [2.05, 4.69) is 13.8 Å². The fraction of sp³-hybridized carbons (Fsp3) is 1.00. The van der Waals surface area contributed by atoms with Gasteiger partial charge in [0.2, 0.25) is 11.6 Å². The first-order chi connectivity index (χ1) is 11.6. The Morgan fingerprint density at radius 1 is 0.800 bits per heavy atom. The van der Waals surface area contributed by atoms with Crippen LogP contribution in [0.2, 0.25) is 0 Å². The Hall–Kier alpha value is -0.160. The highest BCUT2D eigenvalue weighted by atomic mass is 16.6. The van der Waals surface area contributed by atoms with E-state index in [9.17, 15) is 20.4 Å². The maximum Gasteiger partial charge on any atom is 0.222 e. The molecule has 1 unspecified atom stereocenters. The predicted octanol–water partition coefficient (Wildman–Crippen LogP) is 3.03. The summed E-state index contributed by atoms with van der Waals surface area (Å²) in [5.74, 6) is -4.34. The van der Waals surface area contributed by atoms with E-state index in [0.717, 1.165) is 31.6 Å². The van der Waals surface area contributed by atoms with E-state index in [-0.39, 0.29) is 11.3 Å². The van der Waals surface area contributed by atoms with Crippen LogP contribution in [0.5, 0.6) is 0 Å². The van der Waals surface area contributed by atoms with E-state index in [1.54, 1.807) is 0 Å². The first-order valence-electron chi connectivity index (χ1n) is 10.5. The summed E-state index contributed by atoms with van der Waals surface area (Å²) in [5, 5.41) is 43.4. The van der Waals surface area contributed by atoms with Gasteiger partial charge in [-0.25, -0.2) is 0 Å². The molecule has 25 heavy (non-hydrogen) atoms. The Labute approximate surface area is 151 Å². The Morgan fingerprint density at radius 2 is 1.52 bits per heavy atom. The molecule has 4 saturated carbocycles. The largest absolute Gasteiger partial charge is 0.361 e. The fourth-order valence-corrected chi connectivity index (χ4v) is 8.38. The average Bonchev–Trinajstić information content (AvgIpc) is 2.65. The molecule has 0 radical (unpaired) electrons. The molecule has 4 fully saturated rings. The maximum absolute atomic E-state index is 11.0. The first kappa shape index (κ1) is 18.2. The molecule has 0 bridgehead atoms. The molecule has 0 spiro atoms. The second-order valence-electron chi connectivity index (χ2n) is 10.2. The van der Waals surface area contributed by atoms with E-state index in [1.165, 1.54) is 25.7 Å². The van der Waals surface area contributed by atoms with Crippen LogP contribution < -0.4 is 0 Å². The Kier molecular flexibility index (Phi) is 3.96. The lowest BCUT2D eigenvalue weighted by Crippen LogP contribution is -2.60. The van der Waals surface area contributed by atoms with E-state index in [1.807, 2.05) is 6.92 Å². The summed E-state index contributed by atoms with van der Waals surface area (Å²) in [6, 6.07) is 0. The Bertz CT molecular complexity index is 544. The van der Waals surface area contributed by atoms with Crippen LogP contribution in [0.3, 0.4) is 0 Å². The molecule has 0 heterocycles. The van der Waals surface area contributed by atoms with E-state index < -0.39 is 28.8 Å². The summed E-state index contributed by atoms with van der Waals surface area (Å²) in [6.07, 6.45) is 9.83. The van der Waals surface area contributed by atoms with Crippen molar-refractivity contribution in [2.24, 2.45) is 40.4 Å². The number of hydrogen-bond acceptors (Lipinski definition) is 4. The van der Waals surface area contributed by atoms with Crippen LogP contribution in [-0.4, -0.2) is 32.0 Å². The van der Waals surface area contributed by atoms with Crippen molar-refractivity contribution in [3.8, 4) is 0 Å². The van der Waals surface area contributed by atoms with Crippen molar-refractivity contribution in [2.75, 3.05) is 0 Å². The van der Waals surface area contributed by atoms with E-state index in [4.69, 9.17) is 0 Å². The monoisotopic (exact) mass is 352 g/mol. The smallest absolute Gasteiger partial charge is 0.222 e. The van der Waals surface area contributed by atoms with Gasteiger partial charge in [0, 0.05) is 11.8 Å². The molecule has 0 saturated heterocycles. The van der Waals surface area contributed by atoms with Crippen LogP contribution >= 0.6 is 0 Å². The quantitative estimate of drug-likeness (QED) is 0.547. The molecule has 4 aliphatic rings. The topological polar surface area (TPSA) is 80.9 Å². The van der Waals surface area contributed by atoms with Gasteiger partial charge in [-0.05, 0) is 73.5 Å². The third-order valence-electron chi connectivity index (χ3n) is 9.46.